The molecule has 1 aliphatic carbocycles. The summed E-state index contributed by atoms with van der Waals surface area (Å²) in [5.41, 5.74) is 6.43. The number of fused-ring (bicyclic) bond motifs is 2. The molecule has 12 nitrogen and oxygen atoms in total. The van der Waals surface area contributed by atoms with Crippen LogP contribution < -0.4 is 20.1 Å². The van der Waals surface area contributed by atoms with Gasteiger partial charge in [0.15, 0.2) is 17.3 Å². The fourth-order valence-corrected chi connectivity index (χ4v) is 4.32. The van der Waals surface area contributed by atoms with Gasteiger partial charge < -0.3 is 44.7 Å². The summed E-state index contributed by atoms with van der Waals surface area (Å²) in [6.45, 7) is 3.52. The second-order valence-electron chi connectivity index (χ2n) is 8.93. The Bertz CT molecular complexity index is 1600. The van der Waals surface area contributed by atoms with Crippen molar-refractivity contribution in [2.24, 2.45) is 0 Å². The van der Waals surface area contributed by atoms with Crippen molar-refractivity contribution in [3.05, 3.63) is 83.2 Å². The topological polar surface area (TPSA) is 159 Å². The predicted octanol–water partition coefficient (Wildman–Crippen LogP) is 3.62. The molecule has 0 saturated carbocycles. The van der Waals surface area contributed by atoms with Crippen LogP contribution in [0.3, 0.4) is 0 Å². The Hall–Kier alpha value is -3.90. The third-order valence-corrected chi connectivity index (χ3v) is 6.34. The first-order chi connectivity index (χ1) is 20.9. The Balaban J connectivity index is 0.00000173. The number of rotatable bonds is 11. The number of nitrogens with zero attached hydrogens (tertiary/aromatic N) is 4. The molecule has 3 N–H and O–H groups in total. The van der Waals surface area contributed by atoms with Crippen molar-refractivity contribution in [2.45, 2.75) is 6.82 Å². The van der Waals surface area contributed by atoms with Crippen molar-refractivity contribution >= 4 is 31.0 Å². The van der Waals surface area contributed by atoms with E-state index in [4.69, 9.17) is 24.7 Å². The van der Waals surface area contributed by atoms with E-state index in [9.17, 15) is 14.7 Å². The van der Waals surface area contributed by atoms with Crippen LogP contribution in [0.1, 0.15) is 31.8 Å². The van der Waals surface area contributed by atoms with Crippen LogP contribution in [-0.2, 0) is 42.2 Å². The number of ether oxygens (including phenoxy) is 4. The summed E-state index contributed by atoms with van der Waals surface area (Å²) in [6, 6.07) is 14.1. The molecule has 1 aliphatic rings. The molecule has 44 heavy (non-hydrogen) atoms. The maximum Gasteiger partial charge on any atom is 0.206 e. The molecule has 0 spiro atoms. The summed E-state index contributed by atoms with van der Waals surface area (Å²) in [4.78, 5) is 40.4. The number of nitrogen functional groups attached to an aromatic ring is 1. The second-order valence-corrected chi connectivity index (χ2v) is 8.93. The number of aromatic nitrogens is 3. The van der Waals surface area contributed by atoms with Gasteiger partial charge in [0, 0.05) is 83.5 Å². The zero-order chi connectivity index (χ0) is 30.9. The van der Waals surface area contributed by atoms with Crippen LogP contribution in [0.4, 0.5) is 11.6 Å². The van der Waals surface area contributed by atoms with Crippen molar-refractivity contribution < 1.29 is 66.4 Å². The normalized spacial score (nSPS) is 11.3. The largest absolute Gasteiger partial charge is 0.507 e. The smallest absolute Gasteiger partial charge is 0.206 e. The summed E-state index contributed by atoms with van der Waals surface area (Å²) in [5.74, 6) is -0.209. The van der Waals surface area contributed by atoms with E-state index in [1.165, 1.54) is 19.0 Å². The van der Waals surface area contributed by atoms with Crippen LogP contribution in [0.2, 0.25) is 6.82 Å². The van der Waals surface area contributed by atoms with Gasteiger partial charge >= 0.3 is 0 Å². The molecule has 0 aliphatic heterocycles. The Labute approximate surface area is 281 Å². The molecule has 0 bridgehead atoms. The number of nitrogens with two attached hydrogens (primary N) is 1. The maximum absolute atomic E-state index is 13.2. The Kier molecular flexibility index (Phi) is 12.8. The van der Waals surface area contributed by atoms with E-state index >= 15 is 0 Å². The number of carbonyl (C=O) groups is 2. The van der Waals surface area contributed by atoms with Crippen molar-refractivity contribution in [1.82, 2.24) is 15.0 Å². The van der Waals surface area contributed by atoms with Gasteiger partial charge in [-0.2, -0.15) is 0 Å². The van der Waals surface area contributed by atoms with Crippen molar-refractivity contribution in [2.75, 3.05) is 51.2 Å². The molecule has 1 heterocycles. The fraction of sp³-hybridized carbons (Fsp3) is 0.233. The third kappa shape index (κ3) is 7.59. The SMILES string of the molecule is COCCN(CCOC)c1n[c-]nc(Oc2ccc(Oc3cc(O)c4c(c3N)C(=O)c3ccccc3C4=O)cc2)n1.[B]C.[Y]. The molecule has 0 atom stereocenters. The van der Waals surface area contributed by atoms with E-state index in [1.54, 1.807) is 56.7 Å². The quantitative estimate of drug-likeness (QED) is 0.0911. The standard InChI is InChI=1S/C29H26N5O7.CH3B.Y/c1-38-13-11-34(12-14-39-2)28-31-16-32-29(33-28)41-18-9-7-17(8-10-18)40-22-15-21(35)23-24(25(22)30)27(37)20-6-4-3-5-19(20)26(23)36;1-2;/h3-10,15,35H,11-14,30H2,1-2H3;1H3;/q-1;;. The van der Waals surface area contributed by atoms with Gasteiger partial charge in [-0.15, -0.1) is 0 Å². The average molecular weight is 671 g/mol. The van der Waals surface area contributed by atoms with Gasteiger partial charge in [0.25, 0.3) is 0 Å². The molecule has 0 fully saturated rings. The van der Waals surface area contributed by atoms with Crippen LogP contribution in [0, 0.1) is 6.33 Å². The minimum Gasteiger partial charge on any atom is -0.507 e. The van der Waals surface area contributed by atoms with Gasteiger partial charge in [0.05, 0.1) is 37.9 Å². The van der Waals surface area contributed by atoms with Gasteiger partial charge in [-0.05, 0) is 24.3 Å². The Morgan fingerprint density at radius 1 is 0.864 bits per heavy atom. The van der Waals surface area contributed by atoms with Crippen LogP contribution in [0.15, 0.2) is 54.6 Å². The van der Waals surface area contributed by atoms with Gasteiger partial charge in [0.2, 0.25) is 6.01 Å². The maximum atomic E-state index is 13.2. The van der Waals surface area contributed by atoms with E-state index in [0.717, 1.165) is 0 Å². The number of hydrogen-bond donors (Lipinski definition) is 2. The summed E-state index contributed by atoms with van der Waals surface area (Å²) in [5, 5.41) is 10.7. The average Bonchev–Trinajstić information content (AvgIpc) is 3.03. The summed E-state index contributed by atoms with van der Waals surface area (Å²) in [6.07, 6.45) is 2.55. The van der Waals surface area contributed by atoms with Gasteiger partial charge in [-0.3, -0.25) is 14.6 Å². The molecule has 0 amide bonds. The number of hydrogen-bond acceptors (Lipinski definition) is 12. The van der Waals surface area contributed by atoms with Crippen molar-refractivity contribution in [1.29, 1.82) is 0 Å². The molecule has 0 unspecified atom stereocenters. The number of phenolic OH excluding ortho intramolecular Hbond substituents is 1. The molecular weight excluding hydrogens is 642 g/mol. The predicted molar refractivity (Wildman–Crippen MR) is 159 cm³/mol. The summed E-state index contributed by atoms with van der Waals surface area (Å²) >= 11 is 0. The van der Waals surface area contributed by atoms with Gasteiger partial charge in [-0.1, -0.05) is 31.1 Å². The number of aromatic hydroxyl groups is 1. The zero-order valence-corrected chi connectivity index (χ0v) is 27.3. The molecule has 3 aromatic carbocycles. The monoisotopic (exact) mass is 671 g/mol. The van der Waals surface area contributed by atoms with Crippen LogP contribution in [-0.4, -0.2) is 80.0 Å². The van der Waals surface area contributed by atoms with Crippen molar-refractivity contribution in [3.8, 4) is 29.0 Å². The zero-order valence-electron chi connectivity index (χ0n) is 24.4. The third-order valence-electron chi connectivity index (χ3n) is 6.34. The Morgan fingerprint density at radius 2 is 1.41 bits per heavy atom. The molecule has 4 aromatic rings. The second kappa shape index (κ2) is 16.2. The number of methoxy groups -OCH3 is 2. The van der Waals surface area contributed by atoms with Crippen LogP contribution in [0.5, 0.6) is 29.0 Å². The van der Waals surface area contributed by atoms with E-state index in [0.29, 0.717) is 43.8 Å². The van der Waals surface area contributed by atoms with E-state index in [-0.39, 0.29) is 72.4 Å². The number of ketones is 2. The first-order valence-corrected chi connectivity index (χ1v) is 13.1. The van der Waals surface area contributed by atoms with Crippen LogP contribution in [0.25, 0.3) is 0 Å². The van der Waals surface area contributed by atoms with Crippen LogP contribution >= 0.6 is 0 Å². The fourth-order valence-electron chi connectivity index (χ4n) is 4.32. The number of benzene rings is 3. The van der Waals surface area contributed by atoms with E-state index in [1.807, 2.05) is 4.90 Å². The van der Waals surface area contributed by atoms with E-state index < -0.39 is 17.3 Å². The molecule has 14 heteroatoms. The molecule has 0 saturated heterocycles. The molecular formula is C30H29BN5O7Y-. The number of anilines is 2. The summed E-state index contributed by atoms with van der Waals surface area (Å²) in [7, 11) is 7.72. The Morgan fingerprint density at radius 3 is 1.98 bits per heavy atom. The molecule has 3 radical (unpaired) electrons. The molecule has 223 valence electrons. The minimum absolute atomic E-state index is 0. The first kappa shape index (κ1) is 34.6. The number of carbonyl (C=O) groups excluding carboxylic acids is 2. The number of phenols is 1. The first-order valence-electron chi connectivity index (χ1n) is 13.1. The van der Waals surface area contributed by atoms with E-state index in [2.05, 4.69) is 29.1 Å². The van der Waals surface area contributed by atoms with Crippen molar-refractivity contribution in [3.63, 3.8) is 0 Å². The van der Waals surface area contributed by atoms with Gasteiger partial charge in [-0.25, -0.2) is 0 Å². The molecule has 5 rings (SSSR count). The minimum atomic E-state index is -0.480. The summed E-state index contributed by atoms with van der Waals surface area (Å²) < 4.78 is 22.0. The molecule has 1 aromatic heterocycles. The van der Waals surface area contributed by atoms with Gasteiger partial charge in [0.1, 0.15) is 23.2 Å².